The van der Waals surface area contributed by atoms with Gasteiger partial charge in [-0.2, -0.15) is 0 Å². The van der Waals surface area contributed by atoms with Gasteiger partial charge in [-0.3, -0.25) is 0 Å². The molecule has 0 radical (unpaired) electrons. The zero-order valence-electron chi connectivity index (χ0n) is 11.1. The molecule has 3 rings (SSSR count). The highest BCUT2D eigenvalue weighted by Gasteiger charge is 2.04. The minimum atomic E-state index is -0.240. The Bertz CT molecular complexity index is 719. The first-order valence-corrected chi connectivity index (χ1v) is 7.34. The lowest BCUT2D eigenvalue weighted by atomic mass is 10.2. The van der Waals surface area contributed by atoms with Gasteiger partial charge in [-0.15, -0.1) is 0 Å². The first-order valence-electron chi connectivity index (χ1n) is 6.55. The van der Waals surface area contributed by atoms with Crippen LogP contribution in [0.4, 0.5) is 10.1 Å². The number of hydrogen-bond acceptors (Lipinski definition) is 2. The predicted octanol–water partition coefficient (Wildman–Crippen LogP) is 5.46. The molecule has 0 bridgehead atoms. The van der Waals surface area contributed by atoms with Gasteiger partial charge in [0.15, 0.2) is 0 Å². The van der Waals surface area contributed by atoms with E-state index in [0.29, 0.717) is 6.54 Å². The molecule has 0 saturated carbocycles. The molecule has 0 fully saturated rings. The third-order valence-electron chi connectivity index (χ3n) is 3.10. The summed E-state index contributed by atoms with van der Waals surface area (Å²) in [7, 11) is 0. The summed E-state index contributed by atoms with van der Waals surface area (Å²) in [5.74, 6) is 1.42. The fourth-order valence-corrected chi connectivity index (χ4v) is 2.26. The van der Waals surface area contributed by atoms with Crippen molar-refractivity contribution in [1.29, 1.82) is 0 Å². The van der Waals surface area contributed by atoms with Gasteiger partial charge >= 0.3 is 0 Å². The van der Waals surface area contributed by atoms with E-state index in [2.05, 4.69) is 21.2 Å². The Morgan fingerprint density at radius 2 is 1.62 bits per heavy atom. The minimum absolute atomic E-state index is 0.240. The molecule has 0 amide bonds. The molecule has 106 valence electrons. The number of rotatable bonds is 4. The lowest BCUT2D eigenvalue weighted by Gasteiger charge is -2.04. The maximum absolute atomic E-state index is 12.8. The van der Waals surface area contributed by atoms with Crippen molar-refractivity contribution in [3.8, 4) is 11.3 Å². The molecule has 0 spiro atoms. The highest BCUT2D eigenvalue weighted by molar-refractivity contribution is 9.10. The van der Waals surface area contributed by atoms with Gasteiger partial charge < -0.3 is 9.73 Å². The molecule has 1 aromatic heterocycles. The van der Waals surface area contributed by atoms with Crippen molar-refractivity contribution in [3.63, 3.8) is 0 Å². The molecule has 0 atom stereocenters. The summed E-state index contributed by atoms with van der Waals surface area (Å²) in [6.45, 7) is 0.558. The summed E-state index contributed by atoms with van der Waals surface area (Å²) < 4.78 is 19.7. The third kappa shape index (κ3) is 3.52. The van der Waals surface area contributed by atoms with Crippen LogP contribution in [0.2, 0.25) is 0 Å². The molecular weight excluding hydrogens is 333 g/mol. The van der Waals surface area contributed by atoms with Crippen molar-refractivity contribution in [2.45, 2.75) is 6.54 Å². The Kier molecular flexibility index (Phi) is 4.06. The number of benzene rings is 2. The van der Waals surface area contributed by atoms with Crippen LogP contribution in [0.1, 0.15) is 5.76 Å². The van der Waals surface area contributed by atoms with Crippen LogP contribution >= 0.6 is 15.9 Å². The largest absolute Gasteiger partial charge is 0.459 e. The SMILES string of the molecule is Fc1ccc(NCc2ccc(-c3ccc(Br)cc3)o2)cc1. The van der Waals surface area contributed by atoms with E-state index in [1.807, 2.05) is 36.4 Å². The van der Waals surface area contributed by atoms with Gasteiger partial charge in [-0.1, -0.05) is 28.1 Å². The first kappa shape index (κ1) is 13.9. The van der Waals surface area contributed by atoms with Crippen molar-refractivity contribution in [2.75, 3.05) is 5.32 Å². The molecular formula is C17H13BrFNO. The Labute approximate surface area is 130 Å². The minimum Gasteiger partial charge on any atom is -0.459 e. The monoisotopic (exact) mass is 345 g/mol. The van der Waals surface area contributed by atoms with Crippen LogP contribution < -0.4 is 5.32 Å². The molecule has 2 nitrogen and oxygen atoms in total. The summed E-state index contributed by atoms with van der Waals surface area (Å²) in [6.07, 6.45) is 0. The van der Waals surface area contributed by atoms with Gasteiger partial charge in [-0.25, -0.2) is 4.39 Å². The molecule has 1 N–H and O–H groups in total. The molecule has 2 aromatic carbocycles. The van der Waals surface area contributed by atoms with Crippen LogP contribution in [0, 0.1) is 5.82 Å². The Balaban J connectivity index is 1.67. The Morgan fingerprint density at radius 1 is 0.905 bits per heavy atom. The fourth-order valence-electron chi connectivity index (χ4n) is 2.00. The smallest absolute Gasteiger partial charge is 0.134 e. The lowest BCUT2D eigenvalue weighted by molar-refractivity contribution is 0.531. The van der Waals surface area contributed by atoms with Crippen molar-refractivity contribution in [1.82, 2.24) is 0 Å². The second kappa shape index (κ2) is 6.14. The van der Waals surface area contributed by atoms with Crippen LogP contribution in [0.25, 0.3) is 11.3 Å². The second-order valence-electron chi connectivity index (χ2n) is 4.63. The Hall–Kier alpha value is -2.07. The van der Waals surface area contributed by atoms with Crippen molar-refractivity contribution < 1.29 is 8.81 Å². The molecule has 1 heterocycles. The van der Waals surface area contributed by atoms with Crippen molar-refractivity contribution >= 4 is 21.6 Å². The molecule has 0 aliphatic carbocycles. The summed E-state index contributed by atoms with van der Waals surface area (Å²) >= 11 is 3.41. The molecule has 0 saturated heterocycles. The Morgan fingerprint density at radius 3 is 2.33 bits per heavy atom. The van der Waals surface area contributed by atoms with E-state index < -0.39 is 0 Å². The van der Waals surface area contributed by atoms with Gasteiger partial charge in [-0.05, 0) is 48.5 Å². The summed E-state index contributed by atoms with van der Waals surface area (Å²) in [4.78, 5) is 0. The number of halogens is 2. The first-order chi connectivity index (χ1) is 10.2. The van der Waals surface area contributed by atoms with E-state index >= 15 is 0 Å². The number of furan rings is 1. The van der Waals surface area contributed by atoms with Gasteiger partial charge in [0.2, 0.25) is 0 Å². The molecule has 4 heteroatoms. The second-order valence-corrected chi connectivity index (χ2v) is 5.55. The van der Waals surface area contributed by atoms with Crippen LogP contribution in [-0.2, 0) is 6.54 Å². The van der Waals surface area contributed by atoms with E-state index in [1.54, 1.807) is 12.1 Å². The molecule has 0 aliphatic rings. The third-order valence-corrected chi connectivity index (χ3v) is 3.63. The maximum Gasteiger partial charge on any atom is 0.134 e. The van der Waals surface area contributed by atoms with E-state index in [1.165, 1.54) is 12.1 Å². The molecule has 0 unspecified atom stereocenters. The van der Waals surface area contributed by atoms with Gasteiger partial charge in [0.25, 0.3) is 0 Å². The van der Waals surface area contributed by atoms with Crippen LogP contribution in [0.5, 0.6) is 0 Å². The topological polar surface area (TPSA) is 25.2 Å². The molecule has 0 aliphatic heterocycles. The van der Waals surface area contributed by atoms with Gasteiger partial charge in [0.05, 0.1) is 6.54 Å². The van der Waals surface area contributed by atoms with Crippen LogP contribution in [-0.4, -0.2) is 0 Å². The number of nitrogens with one attached hydrogen (secondary N) is 1. The number of anilines is 1. The quantitative estimate of drug-likeness (QED) is 0.679. The van der Waals surface area contributed by atoms with E-state index in [4.69, 9.17) is 4.42 Å². The molecule has 21 heavy (non-hydrogen) atoms. The zero-order valence-corrected chi connectivity index (χ0v) is 12.7. The molecule has 3 aromatic rings. The number of hydrogen-bond donors (Lipinski definition) is 1. The summed E-state index contributed by atoms with van der Waals surface area (Å²) in [5.41, 5.74) is 1.89. The van der Waals surface area contributed by atoms with Gasteiger partial charge in [0.1, 0.15) is 17.3 Å². The van der Waals surface area contributed by atoms with E-state index in [-0.39, 0.29) is 5.82 Å². The summed E-state index contributed by atoms with van der Waals surface area (Å²) in [5, 5.41) is 3.19. The zero-order chi connectivity index (χ0) is 14.7. The van der Waals surface area contributed by atoms with Crippen LogP contribution in [0.3, 0.4) is 0 Å². The standard InChI is InChI=1S/C17H13BrFNO/c18-13-3-1-12(2-4-13)17-10-9-16(21-17)11-20-15-7-5-14(19)6-8-15/h1-10,20H,11H2. The highest BCUT2D eigenvalue weighted by Crippen LogP contribution is 2.24. The normalized spacial score (nSPS) is 10.6. The maximum atomic E-state index is 12.8. The lowest BCUT2D eigenvalue weighted by Crippen LogP contribution is -1.97. The fraction of sp³-hybridized carbons (Fsp3) is 0.0588. The average Bonchev–Trinajstić information content (AvgIpc) is 2.96. The van der Waals surface area contributed by atoms with Crippen LogP contribution in [0.15, 0.2) is 69.6 Å². The van der Waals surface area contributed by atoms with Gasteiger partial charge in [0, 0.05) is 15.7 Å². The van der Waals surface area contributed by atoms with Crippen molar-refractivity contribution in [2.24, 2.45) is 0 Å². The highest BCUT2D eigenvalue weighted by atomic mass is 79.9. The van der Waals surface area contributed by atoms with E-state index in [9.17, 15) is 4.39 Å². The summed E-state index contributed by atoms with van der Waals surface area (Å²) in [6, 6.07) is 18.1. The predicted molar refractivity (Wildman–Crippen MR) is 85.6 cm³/mol. The average molecular weight is 346 g/mol. The van der Waals surface area contributed by atoms with Crippen molar-refractivity contribution in [3.05, 3.63) is 76.7 Å². The van der Waals surface area contributed by atoms with E-state index in [0.717, 1.165) is 27.2 Å².